The first kappa shape index (κ1) is 17.5. The molecule has 146 valence electrons. The zero-order chi connectivity index (χ0) is 20.1. The summed E-state index contributed by atoms with van der Waals surface area (Å²) in [5.41, 5.74) is 5.24. The van der Waals surface area contributed by atoms with Crippen molar-refractivity contribution < 1.29 is 14.3 Å². The smallest absolute Gasteiger partial charge is 0.264 e. The number of hydrogen-bond acceptors (Lipinski definition) is 4. The normalized spacial score (nSPS) is 18.0. The van der Waals surface area contributed by atoms with Gasteiger partial charge in [-0.1, -0.05) is 30.3 Å². The fourth-order valence-electron chi connectivity index (χ4n) is 4.09. The molecule has 29 heavy (non-hydrogen) atoms. The average Bonchev–Trinajstić information content (AvgIpc) is 3.11. The Bertz CT molecular complexity index is 1140. The predicted molar refractivity (Wildman–Crippen MR) is 109 cm³/mol. The highest BCUT2D eigenvalue weighted by atomic mass is 16.5. The minimum atomic E-state index is -0.168. The van der Waals surface area contributed by atoms with Gasteiger partial charge in [0.25, 0.3) is 5.91 Å². The summed E-state index contributed by atoms with van der Waals surface area (Å²) in [5, 5.41) is 7.62. The lowest BCUT2D eigenvalue weighted by molar-refractivity contribution is -0.121. The molecule has 3 heterocycles. The Balaban J connectivity index is 1.68. The van der Waals surface area contributed by atoms with Crippen molar-refractivity contribution in [3.8, 4) is 17.0 Å². The number of carbonyl (C=O) groups is 2. The fraction of sp³-hybridized carbons (Fsp3) is 0.227. The van der Waals surface area contributed by atoms with Crippen LogP contribution in [-0.4, -0.2) is 35.2 Å². The van der Waals surface area contributed by atoms with E-state index in [0.29, 0.717) is 17.9 Å². The van der Waals surface area contributed by atoms with E-state index in [1.807, 2.05) is 55.7 Å². The molecule has 0 fully saturated rings. The predicted octanol–water partition coefficient (Wildman–Crippen LogP) is 2.92. The number of carbonyl (C=O) groups excluding carboxylic acids is 2. The molecular formula is C22H20N4O3. The van der Waals surface area contributed by atoms with Gasteiger partial charge < -0.3 is 15.0 Å². The number of rotatable bonds is 2. The van der Waals surface area contributed by atoms with Crippen molar-refractivity contribution >= 4 is 23.2 Å². The lowest BCUT2D eigenvalue weighted by atomic mass is 9.83. The van der Waals surface area contributed by atoms with Crippen molar-refractivity contribution in [1.29, 1.82) is 0 Å². The maximum atomic E-state index is 12.5. The molecule has 2 amide bonds. The highest BCUT2D eigenvalue weighted by molar-refractivity contribution is 6.01. The van der Waals surface area contributed by atoms with Crippen molar-refractivity contribution in [3.63, 3.8) is 0 Å². The maximum Gasteiger partial charge on any atom is 0.264 e. The number of aryl methyl sites for hydroxylation is 1. The van der Waals surface area contributed by atoms with E-state index in [2.05, 4.69) is 10.4 Å². The van der Waals surface area contributed by atoms with Gasteiger partial charge in [-0.05, 0) is 11.6 Å². The van der Waals surface area contributed by atoms with Crippen LogP contribution < -0.4 is 15.0 Å². The molecule has 0 saturated carbocycles. The maximum absolute atomic E-state index is 12.5. The Morgan fingerprint density at radius 3 is 2.69 bits per heavy atom. The zero-order valence-electron chi connectivity index (χ0n) is 16.2. The summed E-state index contributed by atoms with van der Waals surface area (Å²) in [7, 11) is 3.62. The molecule has 3 aromatic rings. The molecule has 1 N–H and O–H groups in total. The minimum Gasteiger partial charge on any atom is -0.481 e. The third-order valence-electron chi connectivity index (χ3n) is 5.54. The Kier molecular flexibility index (Phi) is 3.91. The monoisotopic (exact) mass is 388 g/mol. The van der Waals surface area contributed by atoms with Crippen LogP contribution in [0.1, 0.15) is 23.5 Å². The molecule has 7 heteroatoms. The van der Waals surface area contributed by atoms with Gasteiger partial charge in [0.05, 0.1) is 11.4 Å². The van der Waals surface area contributed by atoms with E-state index in [1.54, 1.807) is 16.6 Å². The number of amides is 2. The third-order valence-corrected chi connectivity index (χ3v) is 5.54. The minimum absolute atomic E-state index is 0.000419. The number of nitrogens with one attached hydrogen (secondary N) is 1. The van der Waals surface area contributed by atoms with Gasteiger partial charge in [0, 0.05) is 55.5 Å². The standard InChI is InChI=1S/C22H20N4O3/c1-25-11-16(22(24-25)13-6-4-3-5-7-13)14-9-20(27)23-17-10-19-18(8-15(14)17)26(2)21(28)12-29-19/h3-8,10-11,14H,9,12H2,1-2H3,(H,23,27). The Labute approximate surface area is 167 Å². The first-order chi connectivity index (χ1) is 14.0. The number of aromatic nitrogens is 2. The van der Waals surface area contributed by atoms with Gasteiger partial charge in [-0.3, -0.25) is 14.3 Å². The van der Waals surface area contributed by atoms with Crippen LogP contribution in [0, 0.1) is 0 Å². The summed E-state index contributed by atoms with van der Waals surface area (Å²) >= 11 is 0. The van der Waals surface area contributed by atoms with E-state index < -0.39 is 0 Å². The molecule has 2 aromatic carbocycles. The van der Waals surface area contributed by atoms with Crippen molar-refractivity contribution in [1.82, 2.24) is 9.78 Å². The van der Waals surface area contributed by atoms with Crippen LogP contribution in [0.3, 0.4) is 0 Å². The van der Waals surface area contributed by atoms with Crippen LogP contribution in [0.2, 0.25) is 0 Å². The SMILES string of the molecule is CN1C(=O)COc2cc3c(cc21)C(c1cn(C)nc1-c1ccccc1)CC(=O)N3. The number of fused-ring (bicyclic) bond motifs is 2. The first-order valence-electron chi connectivity index (χ1n) is 9.47. The second-order valence-electron chi connectivity index (χ2n) is 7.43. The Morgan fingerprint density at radius 1 is 1.10 bits per heavy atom. The fourth-order valence-corrected chi connectivity index (χ4v) is 4.09. The number of anilines is 2. The Morgan fingerprint density at radius 2 is 1.90 bits per heavy atom. The molecule has 2 aliphatic rings. The highest BCUT2D eigenvalue weighted by Gasteiger charge is 2.33. The summed E-state index contributed by atoms with van der Waals surface area (Å²) in [6.45, 7) is 0.000419. The van der Waals surface area contributed by atoms with Gasteiger partial charge in [0.1, 0.15) is 5.75 Å². The van der Waals surface area contributed by atoms with Gasteiger partial charge in [0.2, 0.25) is 5.91 Å². The van der Waals surface area contributed by atoms with Gasteiger partial charge in [-0.2, -0.15) is 5.10 Å². The number of benzene rings is 2. The van der Waals surface area contributed by atoms with Crippen LogP contribution >= 0.6 is 0 Å². The summed E-state index contributed by atoms with van der Waals surface area (Å²) in [6, 6.07) is 13.7. The van der Waals surface area contributed by atoms with Gasteiger partial charge in [-0.15, -0.1) is 0 Å². The second kappa shape index (κ2) is 6.48. The van der Waals surface area contributed by atoms with Gasteiger partial charge >= 0.3 is 0 Å². The van der Waals surface area contributed by atoms with E-state index in [9.17, 15) is 9.59 Å². The summed E-state index contributed by atoms with van der Waals surface area (Å²) in [5.74, 6) is 0.283. The molecule has 0 spiro atoms. The molecule has 5 rings (SSSR count). The number of likely N-dealkylation sites (N-methyl/N-ethyl adjacent to an activating group) is 1. The number of nitrogens with zero attached hydrogens (tertiary/aromatic N) is 3. The van der Waals surface area contributed by atoms with Gasteiger partial charge in [0.15, 0.2) is 6.61 Å². The molecule has 0 aliphatic carbocycles. The van der Waals surface area contributed by atoms with Gasteiger partial charge in [-0.25, -0.2) is 0 Å². The van der Waals surface area contributed by atoms with Crippen LogP contribution in [0.25, 0.3) is 11.3 Å². The highest BCUT2D eigenvalue weighted by Crippen LogP contribution is 2.45. The zero-order valence-corrected chi connectivity index (χ0v) is 16.2. The molecular weight excluding hydrogens is 368 g/mol. The third kappa shape index (κ3) is 2.86. The molecule has 2 aliphatic heterocycles. The average molecular weight is 388 g/mol. The van der Waals surface area contributed by atoms with Crippen LogP contribution in [-0.2, 0) is 16.6 Å². The summed E-state index contributed by atoms with van der Waals surface area (Å²) < 4.78 is 7.37. The second-order valence-corrected chi connectivity index (χ2v) is 7.43. The van der Waals surface area contributed by atoms with Crippen molar-refractivity contribution in [2.24, 2.45) is 7.05 Å². The molecule has 1 aromatic heterocycles. The summed E-state index contributed by atoms with van der Waals surface area (Å²) in [4.78, 5) is 26.2. The Hall–Kier alpha value is -3.61. The molecule has 7 nitrogen and oxygen atoms in total. The van der Waals surface area contributed by atoms with Crippen molar-refractivity contribution in [2.45, 2.75) is 12.3 Å². The van der Waals surface area contributed by atoms with Crippen molar-refractivity contribution in [3.05, 3.63) is 59.8 Å². The molecule has 0 radical (unpaired) electrons. The van der Waals surface area contributed by atoms with E-state index in [4.69, 9.17) is 4.74 Å². The number of hydrogen-bond donors (Lipinski definition) is 1. The number of ether oxygens (including phenoxy) is 1. The molecule has 1 unspecified atom stereocenters. The van der Waals surface area contributed by atoms with E-state index in [1.165, 1.54) is 0 Å². The topological polar surface area (TPSA) is 76.5 Å². The summed E-state index contributed by atoms with van der Waals surface area (Å²) in [6.07, 6.45) is 2.29. The molecule has 0 saturated heterocycles. The first-order valence-corrected chi connectivity index (χ1v) is 9.47. The molecule has 0 bridgehead atoms. The van der Waals surface area contributed by atoms with E-state index in [-0.39, 0.29) is 24.3 Å². The van der Waals surface area contributed by atoms with Crippen LogP contribution in [0.5, 0.6) is 5.75 Å². The molecule has 1 atom stereocenters. The quantitative estimate of drug-likeness (QED) is 0.732. The van der Waals surface area contributed by atoms with E-state index >= 15 is 0 Å². The van der Waals surface area contributed by atoms with Crippen LogP contribution in [0.15, 0.2) is 48.7 Å². The largest absolute Gasteiger partial charge is 0.481 e. The van der Waals surface area contributed by atoms with Crippen LogP contribution in [0.4, 0.5) is 11.4 Å². The lowest BCUT2D eigenvalue weighted by Crippen LogP contribution is -2.36. The lowest BCUT2D eigenvalue weighted by Gasteiger charge is -2.31. The van der Waals surface area contributed by atoms with E-state index in [0.717, 1.165) is 28.1 Å². The van der Waals surface area contributed by atoms with Crippen molar-refractivity contribution in [2.75, 3.05) is 23.9 Å².